The van der Waals surface area contributed by atoms with Gasteiger partial charge in [-0.3, -0.25) is 4.99 Å². The summed E-state index contributed by atoms with van der Waals surface area (Å²) in [4.78, 5) is 6.58. The highest BCUT2D eigenvalue weighted by molar-refractivity contribution is 5.78. The van der Waals surface area contributed by atoms with Crippen molar-refractivity contribution in [2.75, 3.05) is 32.8 Å². The van der Waals surface area contributed by atoms with Gasteiger partial charge in [-0.05, 0) is 18.9 Å². The van der Waals surface area contributed by atoms with Crippen molar-refractivity contribution in [3.8, 4) is 0 Å². The molecule has 1 saturated heterocycles. The summed E-state index contributed by atoms with van der Waals surface area (Å²) >= 11 is 0. The van der Waals surface area contributed by atoms with Crippen LogP contribution in [0.25, 0.3) is 0 Å². The van der Waals surface area contributed by atoms with Crippen molar-refractivity contribution in [2.45, 2.75) is 25.4 Å². The summed E-state index contributed by atoms with van der Waals surface area (Å²) in [6.45, 7) is 5.39. The Labute approximate surface area is 126 Å². The number of nitrogens with two attached hydrogens (primary N) is 1. The third-order valence-corrected chi connectivity index (χ3v) is 3.71. The van der Waals surface area contributed by atoms with E-state index in [0.717, 1.165) is 13.1 Å². The maximum Gasteiger partial charge on any atom is 0.191 e. The number of hydrogen-bond acceptors (Lipinski definition) is 3. The number of morpholine rings is 1. The second kappa shape index (κ2) is 8.00. The zero-order valence-electron chi connectivity index (χ0n) is 12.6. The van der Waals surface area contributed by atoms with Gasteiger partial charge in [-0.1, -0.05) is 30.3 Å². The van der Waals surface area contributed by atoms with E-state index in [1.807, 2.05) is 30.0 Å². The average molecular weight is 291 g/mol. The Hall–Kier alpha value is -1.59. The predicted molar refractivity (Wildman–Crippen MR) is 84.4 cm³/mol. The summed E-state index contributed by atoms with van der Waals surface area (Å²) in [6.07, 6.45) is 0.333. The van der Waals surface area contributed by atoms with E-state index < -0.39 is 0 Å². The topological polar surface area (TPSA) is 71.1 Å². The molecule has 1 fully saturated rings. The number of aliphatic hydroxyl groups excluding tert-OH is 1. The van der Waals surface area contributed by atoms with Crippen LogP contribution in [-0.4, -0.2) is 54.9 Å². The minimum Gasteiger partial charge on any atom is -0.393 e. The van der Waals surface area contributed by atoms with Crippen molar-refractivity contribution in [3.05, 3.63) is 35.9 Å². The molecule has 5 nitrogen and oxygen atoms in total. The highest BCUT2D eigenvalue weighted by Crippen LogP contribution is 2.21. The van der Waals surface area contributed by atoms with E-state index in [0.29, 0.717) is 32.1 Å². The normalized spacial score (nSPS) is 19.3. The van der Waals surface area contributed by atoms with Crippen LogP contribution in [0.4, 0.5) is 0 Å². The molecule has 0 amide bonds. The second-order valence-electron chi connectivity index (χ2n) is 5.49. The lowest BCUT2D eigenvalue weighted by molar-refractivity contribution is 0.0674. The van der Waals surface area contributed by atoms with Gasteiger partial charge in [0.25, 0.3) is 0 Å². The van der Waals surface area contributed by atoms with Crippen molar-refractivity contribution in [3.63, 3.8) is 0 Å². The third kappa shape index (κ3) is 5.02. The highest BCUT2D eigenvalue weighted by Gasteiger charge is 2.16. The molecule has 1 heterocycles. The first-order chi connectivity index (χ1) is 10.2. The Bertz CT molecular complexity index is 442. The number of aliphatic hydroxyl groups is 1. The Morgan fingerprint density at radius 2 is 2.00 bits per heavy atom. The first-order valence-corrected chi connectivity index (χ1v) is 7.52. The first-order valence-electron chi connectivity index (χ1n) is 7.52. The molecule has 1 aliphatic heterocycles. The third-order valence-electron chi connectivity index (χ3n) is 3.71. The van der Waals surface area contributed by atoms with E-state index in [1.165, 1.54) is 5.56 Å². The molecule has 5 heteroatoms. The molecule has 0 aromatic heterocycles. The van der Waals surface area contributed by atoms with E-state index in [1.54, 1.807) is 0 Å². The van der Waals surface area contributed by atoms with Crippen molar-refractivity contribution >= 4 is 5.96 Å². The Kier molecular flexibility index (Phi) is 6.02. The molecule has 21 heavy (non-hydrogen) atoms. The summed E-state index contributed by atoms with van der Waals surface area (Å²) in [6, 6.07) is 10.2. The molecule has 116 valence electrons. The molecule has 2 unspecified atom stereocenters. The van der Waals surface area contributed by atoms with E-state index in [-0.39, 0.29) is 12.0 Å². The zero-order valence-corrected chi connectivity index (χ0v) is 12.6. The molecule has 0 spiro atoms. The fourth-order valence-corrected chi connectivity index (χ4v) is 2.55. The van der Waals surface area contributed by atoms with E-state index in [2.05, 4.69) is 17.1 Å². The second-order valence-corrected chi connectivity index (χ2v) is 5.49. The summed E-state index contributed by atoms with van der Waals surface area (Å²) < 4.78 is 5.31. The van der Waals surface area contributed by atoms with Gasteiger partial charge in [-0.2, -0.15) is 0 Å². The predicted octanol–water partition coefficient (Wildman–Crippen LogP) is 1.19. The lowest BCUT2D eigenvalue weighted by Crippen LogP contribution is -2.45. The summed E-state index contributed by atoms with van der Waals surface area (Å²) in [7, 11) is 0. The van der Waals surface area contributed by atoms with Crippen LogP contribution in [0.1, 0.15) is 24.8 Å². The van der Waals surface area contributed by atoms with Crippen LogP contribution in [0.5, 0.6) is 0 Å². The Morgan fingerprint density at radius 3 is 2.62 bits per heavy atom. The van der Waals surface area contributed by atoms with Gasteiger partial charge in [0.1, 0.15) is 0 Å². The van der Waals surface area contributed by atoms with Crippen LogP contribution in [0.15, 0.2) is 35.3 Å². The smallest absolute Gasteiger partial charge is 0.191 e. The molecule has 0 aliphatic carbocycles. The molecular weight excluding hydrogens is 266 g/mol. The van der Waals surface area contributed by atoms with Gasteiger partial charge < -0.3 is 20.5 Å². The Balaban J connectivity index is 2.01. The van der Waals surface area contributed by atoms with E-state index in [9.17, 15) is 5.11 Å². The number of ether oxygens (including phenoxy) is 1. The van der Waals surface area contributed by atoms with Gasteiger partial charge in [-0.25, -0.2) is 0 Å². The zero-order chi connectivity index (χ0) is 15.1. The van der Waals surface area contributed by atoms with Crippen molar-refractivity contribution in [2.24, 2.45) is 10.7 Å². The molecule has 1 aromatic carbocycles. The van der Waals surface area contributed by atoms with Gasteiger partial charge in [0.2, 0.25) is 0 Å². The number of hydrogen-bond donors (Lipinski definition) is 2. The van der Waals surface area contributed by atoms with Crippen molar-refractivity contribution < 1.29 is 9.84 Å². The summed E-state index contributed by atoms with van der Waals surface area (Å²) in [5.41, 5.74) is 7.26. The maximum absolute atomic E-state index is 9.69. The number of aliphatic imine (C=N–C) groups is 1. The quantitative estimate of drug-likeness (QED) is 0.631. The van der Waals surface area contributed by atoms with Gasteiger partial charge in [-0.15, -0.1) is 0 Å². The number of benzene rings is 1. The van der Waals surface area contributed by atoms with Crippen LogP contribution in [-0.2, 0) is 4.74 Å². The fourth-order valence-electron chi connectivity index (χ4n) is 2.55. The van der Waals surface area contributed by atoms with Crippen LogP contribution >= 0.6 is 0 Å². The molecule has 2 atom stereocenters. The highest BCUT2D eigenvalue weighted by atomic mass is 16.5. The van der Waals surface area contributed by atoms with Crippen LogP contribution in [0.2, 0.25) is 0 Å². The number of guanidine groups is 1. The van der Waals surface area contributed by atoms with Crippen molar-refractivity contribution in [1.29, 1.82) is 0 Å². The lowest BCUT2D eigenvalue weighted by Gasteiger charge is -2.28. The number of nitrogens with zero attached hydrogens (tertiary/aromatic N) is 2. The Morgan fingerprint density at radius 1 is 1.33 bits per heavy atom. The molecule has 0 radical (unpaired) electrons. The summed E-state index contributed by atoms with van der Waals surface area (Å²) in [5, 5.41) is 9.69. The van der Waals surface area contributed by atoms with E-state index >= 15 is 0 Å². The lowest BCUT2D eigenvalue weighted by atomic mass is 9.93. The van der Waals surface area contributed by atoms with Crippen molar-refractivity contribution in [1.82, 2.24) is 4.90 Å². The van der Waals surface area contributed by atoms with Gasteiger partial charge in [0.15, 0.2) is 5.96 Å². The SMILES string of the molecule is CC(O)CC(CN=C(N)N1CCOCC1)c1ccccc1. The minimum absolute atomic E-state index is 0.186. The fraction of sp³-hybridized carbons (Fsp3) is 0.562. The van der Waals surface area contributed by atoms with E-state index in [4.69, 9.17) is 10.5 Å². The summed E-state index contributed by atoms with van der Waals surface area (Å²) in [5.74, 6) is 0.760. The van der Waals surface area contributed by atoms with Gasteiger partial charge in [0, 0.05) is 25.6 Å². The average Bonchev–Trinajstić information content (AvgIpc) is 2.52. The van der Waals surface area contributed by atoms with Gasteiger partial charge in [0.05, 0.1) is 19.3 Å². The molecular formula is C16H25N3O2. The maximum atomic E-state index is 9.69. The van der Waals surface area contributed by atoms with Gasteiger partial charge >= 0.3 is 0 Å². The largest absolute Gasteiger partial charge is 0.393 e. The molecule has 0 saturated carbocycles. The molecule has 0 bridgehead atoms. The standard InChI is InChI=1S/C16H25N3O2/c1-13(20)11-15(14-5-3-2-4-6-14)12-18-16(17)19-7-9-21-10-8-19/h2-6,13,15,20H,7-12H2,1H3,(H2,17,18). The van der Waals surface area contributed by atoms with Crippen LogP contribution < -0.4 is 5.73 Å². The first kappa shape index (κ1) is 15.8. The molecule has 2 rings (SSSR count). The van der Waals surface area contributed by atoms with Crippen LogP contribution in [0, 0.1) is 0 Å². The molecule has 3 N–H and O–H groups in total. The molecule has 1 aromatic rings. The monoisotopic (exact) mass is 291 g/mol. The minimum atomic E-state index is -0.352. The van der Waals surface area contributed by atoms with Crippen LogP contribution in [0.3, 0.4) is 0 Å². The number of rotatable bonds is 5. The molecule has 1 aliphatic rings.